The molecule has 1 aliphatic rings. The van der Waals surface area contributed by atoms with Crippen LogP contribution in [-0.2, 0) is 0 Å². The summed E-state index contributed by atoms with van der Waals surface area (Å²) in [7, 11) is 0. The van der Waals surface area contributed by atoms with Crippen LogP contribution < -0.4 is 10.2 Å². The number of hydrogen-bond acceptors (Lipinski definition) is 5. The van der Waals surface area contributed by atoms with Crippen molar-refractivity contribution in [3.63, 3.8) is 0 Å². The fraction of sp³-hybridized carbons (Fsp3) is 0.600. The first kappa shape index (κ1) is 15.6. The minimum Gasteiger partial charge on any atom is -0.396 e. The van der Waals surface area contributed by atoms with Crippen LogP contribution >= 0.6 is 0 Å². The highest BCUT2D eigenvalue weighted by molar-refractivity contribution is 5.76. The SMILES string of the molecule is CC(C)N1CC(C(C)(C)CO)Nc2ccc([N+](=O)[O-])cc21. The molecule has 0 spiro atoms. The Morgan fingerprint density at radius 3 is 2.71 bits per heavy atom. The molecule has 0 aromatic heterocycles. The van der Waals surface area contributed by atoms with Crippen molar-refractivity contribution in [3.8, 4) is 0 Å². The molecule has 1 atom stereocenters. The summed E-state index contributed by atoms with van der Waals surface area (Å²) in [6, 6.07) is 5.19. The lowest BCUT2D eigenvalue weighted by atomic mass is 9.83. The van der Waals surface area contributed by atoms with E-state index in [1.54, 1.807) is 12.1 Å². The Balaban J connectivity index is 2.43. The number of non-ortho nitro benzene ring substituents is 1. The van der Waals surface area contributed by atoms with Crippen molar-refractivity contribution in [1.29, 1.82) is 0 Å². The number of nitro benzene ring substituents is 1. The van der Waals surface area contributed by atoms with E-state index in [-0.39, 0.29) is 34.7 Å². The molecule has 6 heteroatoms. The Morgan fingerprint density at radius 2 is 2.19 bits per heavy atom. The van der Waals surface area contributed by atoms with Gasteiger partial charge in [0.15, 0.2) is 0 Å². The molecule has 1 heterocycles. The van der Waals surface area contributed by atoms with Crippen molar-refractivity contribution < 1.29 is 10.0 Å². The first-order valence-corrected chi connectivity index (χ1v) is 7.18. The number of nitro groups is 1. The van der Waals surface area contributed by atoms with Crippen LogP contribution in [0.15, 0.2) is 18.2 Å². The Labute approximate surface area is 124 Å². The number of hydrogen-bond donors (Lipinski definition) is 2. The molecule has 0 aliphatic carbocycles. The van der Waals surface area contributed by atoms with Gasteiger partial charge in [0, 0.05) is 30.1 Å². The molecule has 0 fully saturated rings. The van der Waals surface area contributed by atoms with Gasteiger partial charge in [-0.25, -0.2) is 0 Å². The van der Waals surface area contributed by atoms with E-state index in [1.807, 2.05) is 13.8 Å². The van der Waals surface area contributed by atoms with Crippen molar-refractivity contribution >= 4 is 17.1 Å². The zero-order valence-electron chi connectivity index (χ0n) is 13.0. The van der Waals surface area contributed by atoms with Gasteiger partial charge in [0.1, 0.15) is 0 Å². The van der Waals surface area contributed by atoms with E-state index in [0.29, 0.717) is 6.54 Å². The van der Waals surface area contributed by atoms with E-state index in [4.69, 9.17) is 0 Å². The first-order valence-electron chi connectivity index (χ1n) is 7.18. The fourth-order valence-corrected chi connectivity index (χ4v) is 2.56. The zero-order chi connectivity index (χ0) is 15.8. The van der Waals surface area contributed by atoms with Gasteiger partial charge in [-0.3, -0.25) is 10.1 Å². The highest BCUT2D eigenvalue weighted by atomic mass is 16.6. The predicted octanol–water partition coefficient (Wildman–Crippen LogP) is 2.62. The number of aliphatic hydroxyl groups is 1. The third-order valence-electron chi connectivity index (χ3n) is 4.18. The summed E-state index contributed by atoms with van der Waals surface area (Å²) in [6.45, 7) is 8.95. The fourth-order valence-electron chi connectivity index (χ4n) is 2.56. The number of anilines is 2. The van der Waals surface area contributed by atoms with E-state index in [9.17, 15) is 15.2 Å². The number of nitrogens with one attached hydrogen (secondary N) is 1. The van der Waals surface area contributed by atoms with Crippen molar-refractivity contribution in [1.82, 2.24) is 0 Å². The van der Waals surface area contributed by atoms with Crippen LogP contribution in [0.2, 0.25) is 0 Å². The lowest BCUT2D eigenvalue weighted by Crippen LogP contribution is -2.52. The molecule has 6 nitrogen and oxygen atoms in total. The lowest BCUT2D eigenvalue weighted by Gasteiger charge is -2.45. The summed E-state index contributed by atoms with van der Waals surface area (Å²) >= 11 is 0. The molecule has 1 aromatic carbocycles. The van der Waals surface area contributed by atoms with E-state index < -0.39 is 0 Å². The molecule has 0 saturated heterocycles. The maximum Gasteiger partial charge on any atom is 0.271 e. The number of benzene rings is 1. The van der Waals surface area contributed by atoms with Gasteiger partial charge >= 0.3 is 0 Å². The molecule has 0 saturated carbocycles. The van der Waals surface area contributed by atoms with Gasteiger partial charge in [0.05, 0.1) is 28.9 Å². The third-order valence-corrected chi connectivity index (χ3v) is 4.18. The molecule has 1 aliphatic heterocycles. The summed E-state index contributed by atoms with van der Waals surface area (Å²) < 4.78 is 0. The van der Waals surface area contributed by atoms with Crippen molar-refractivity contribution in [2.75, 3.05) is 23.4 Å². The lowest BCUT2D eigenvalue weighted by molar-refractivity contribution is -0.384. The number of fused-ring (bicyclic) bond motifs is 1. The standard InChI is InChI=1S/C15H23N3O3/c1-10(2)17-8-14(15(3,4)9-19)16-12-6-5-11(18(20)21)7-13(12)17/h5-7,10,14,16,19H,8-9H2,1-4H3. The molecule has 2 N–H and O–H groups in total. The molecular weight excluding hydrogens is 270 g/mol. The zero-order valence-corrected chi connectivity index (χ0v) is 13.0. The first-order chi connectivity index (χ1) is 9.76. The number of nitrogens with zero attached hydrogens (tertiary/aromatic N) is 2. The number of rotatable bonds is 4. The Morgan fingerprint density at radius 1 is 1.52 bits per heavy atom. The maximum absolute atomic E-state index is 11.0. The van der Waals surface area contributed by atoms with Crippen molar-refractivity contribution in [2.45, 2.75) is 39.8 Å². The Hall–Kier alpha value is -1.82. The topological polar surface area (TPSA) is 78.6 Å². The summed E-state index contributed by atoms with van der Waals surface area (Å²) in [6.07, 6.45) is 0. The van der Waals surface area contributed by atoms with Crippen molar-refractivity contribution in [3.05, 3.63) is 28.3 Å². The minimum absolute atomic E-state index is 0.0823. The average molecular weight is 293 g/mol. The Bertz CT molecular complexity index is 543. The summed E-state index contributed by atoms with van der Waals surface area (Å²) in [5.41, 5.74) is 1.56. The quantitative estimate of drug-likeness (QED) is 0.659. The third kappa shape index (κ3) is 2.95. The van der Waals surface area contributed by atoms with Gasteiger partial charge in [-0.15, -0.1) is 0 Å². The molecular formula is C15H23N3O3. The van der Waals surface area contributed by atoms with Gasteiger partial charge in [0.2, 0.25) is 0 Å². The molecule has 116 valence electrons. The van der Waals surface area contributed by atoms with Gasteiger partial charge in [-0.2, -0.15) is 0 Å². The van der Waals surface area contributed by atoms with E-state index in [2.05, 4.69) is 24.1 Å². The normalized spacial score (nSPS) is 18.4. The molecule has 0 radical (unpaired) electrons. The van der Waals surface area contributed by atoms with E-state index >= 15 is 0 Å². The molecule has 1 unspecified atom stereocenters. The summed E-state index contributed by atoms with van der Waals surface area (Å²) in [5, 5.41) is 24.0. The van der Waals surface area contributed by atoms with Gasteiger partial charge < -0.3 is 15.3 Å². The van der Waals surface area contributed by atoms with Crippen LogP contribution in [-0.4, -0.2) is 35.3 Å². The van der Waals surface area contributed by atoms with Crippen molar-refractivity contribution in [2.24, 2.45) is 5.41 Å². The highest BCUT2D eigenvalue weighted by Gasteiger charge is 2.36. The molecule has 0 bridgehead atoms. The van der Waals surface area contributed by atoms with Crippen LogP contribution in [0.1, 0.15) is 27.7 Å². The van der Waals surface area contributed by atoms with Crippen LogP contribution in [0, 0.1) is 15.5 Å². The molecule has 1 aromatic rings. The molecule has 2 rings (SSSR count). The van der Waals surface area contributed by atoms with Crippen LogP contribution in [0.4, 0.5) is 17.1 Å². The maximum atomic E-state index is 11.0. The van der Waals surface area contributed by atoms with Gasteiger partial charge in [0.25, 0.3) is 5.69 Å². The largest absolute Gasteiger partial charge is 0.396 e. The monoisotopic (exact) mass is 293 g/mol. The van der Waals surface area contributed by atoms with E-state index in [0.717, 1.165) is 11.4 Å². The summed E-state index contributed by atoms with van der Waals surface area (Å²) in [5.74, 6) is 0. The highest BCUT2D eigenvalue weighted by Crippen LogP contribution is 2.38. The minimum atomic E-state index is -0.372. The second kappa shape index (κ2) is 5.52. The van der Waals surface area contributed by atoms with Gasteiger partial charge in [-0.1, -0.05) is 13.8 Å². The predicted molar refractivity (Wildman–Crippen MR) is 83.9 cm³/mol. The second-order valence-electron chi connectivity index (χ2n) is 6.55. The summed E-state index contributed by atoms with van der Waals surface area (Å²) in [4.78, 5) is 12.7. The second-order valence-corrected chi connectivity index (χ2v) is 6.55. The average Bonchev–Trinajstić information content (AvgIpc) is 2.45. The molecule has 0 amide bonds. The molecule has 21 heavy (non-hydrogen) atoms. The number of aliphatic hydroxyl groups excluding tert-OH is 1. The Kier molecular flexibility index (Phi) is 4.09. The van der Waals surface area contributed by atoms with Gasteiger partial charge in [-0.05, 0) is 19.9 Å². The van der Waals surface area contributed by atoms with Crippen LogP contribution in [0.25, 0.3) is 0 Å². The van der Waals surface area contributed by atoms with Crippen LogP contribution in [0.5, 0.6) is 0 Å². The van der Waals surface area contributed by atoms with E-state index in [1.165, 1.54) is 6.07 Å². The van der Waals surface area contributed by atoms with Crippen LogP contribution in [0.3, 0.4) is 0 Å². The smallest absolute Gasteiger partial charge is 0.271 e.